The van der Waals surface area contributed by atoms with Crippen molar-refractivity contribution >= 4 is 35.3 Å². The van der Waals surface area contributed by atoms with Gasteiger partial charge in [0.05, 0.1) is 36.8 Å². The van der Waals surface area contributed by atoms with Crippen LogP contribution in [0, 0.1) is 5.92 Å². The summed E-state index contributed by atoms with van der Waals surface area (Å²) in [5.41, 5.74) is 0.548. The van der Waals surface area contributed by atoms with Crippen LogP contribution >= 0.6 is 11.8 Å². The lowest BCUT2D eigenvalue weighted by atomic mass is 9.86. The SMILES string of the molecule is CCn1c(CCC2CCCCC2)nnc1SCC(=O)Nc1cc(C(=O)OC)ccc1C(=O)OC. The minimum Gasteiger partial charge on any atom is -0.465 e. The summed E-state index contributed by atoms with van der Waals surface area (Å²) in [6, 6.07) is 4.27. The highest BCUT2D eigenvalue weighted by Gasteiger charge is 2.20. The van der Waals surface area contributed by atoms with E-state index in [1.807, 2.05) is 6.92 Å². The Kier molecular flexibility index (Phi) is 9.50. The van der Waals surface area contributed by atoms with Crippen molar-refractivity contribution < 1.29 is 23.9 Å². The van der Waals surface area contributed by atoms with Crippen LogP contribution in [-0.4, -0.2) is 52.6 Å². The number of esters is 2. The van der Waals surface area contributed by atoms with Gasteiger partial charge in [-0.05, 0) is 37.5 Å². The Morgan fingerprint density at radius 1 is 1.09 bits per heavy atom. The van der Waals surface area contributed by atoms with Gasteiger partial charge in [-0.3, -0.25) is 4.79 Å². The highest BCUT2D eigenvalue weighted by molar-refractivity contribution is 7.99. The fourth-order valence-corrected chi connectivity index (χ4v) is 5.06. The number of aromatic nitrogens is 3. The number of anilines is 1. The molecule has 10 heteroatoms. The average Bonchev–Trinajstić information content (AvgIpc) is 3.27. The van der Waals surface area contributed by atoms with E-state index in [0.29, 0.717) is 5.16 Å². The zero-order valence-corrected chi connectivity index (χ0v) is 20.8. The Bertz CT molecular complexity index is 1020. The molecular formula is C24H32N4O5S. The lowest BCUT2D eigenvalue weighted by Gasteiger charge is -2.21. The highest BCUT2D eigenvalue weighted by atomic mass is 32.2. The number of hydrogen-bond acceptors (Lipinski definition) is 8. The quantitative estimate of drug-likeness (QED) is 0.393. The largest absolute Gasteiger partial charge is 0.465 e. The zero-order valence-electron chi connectivity index (χ0n) is 20.0. The topological polar surface area (TPSA) is 112 Å². The second-order valence-electron chi connectivity index (χ2n) is 8.27. The van der Waals surface area contributed by atoms with Crippen LogP contribution < -0.4 is 5.32 Å². The number of amides is 1. The number of carbonyl (C=O) groups excluding carboxylic acids is 3. The van der Waals surface area contributed by atoms with Crippen LogP contribution in [0.1, 0.15) is 72.0 Å². The molecule has 0 aliphatic heterocycles. The van der Waals surface area contributed by atoms with Gasteiger partial charge < -0.3 is 19.4 Å². The first kappa shape index (κ1) is 25.7. The average molecular weight is 489 g/mol. The van der Waals surface area contributed by atoms with Gasteiger partial charge in [-0.2, -0.15) is 0 Å². The van der Waals surface area contributed by atoms with Crippen LogP contribution in [0.4, 0.5) is 5.69 Å². The van der Waals surface area contributed by atoms with E-state index in [-0.39, 0.29) is 28.5 Å². The number of benzene rings is 1. The summed E-state index contributed by atoms with van der Waals surface area (Å²) in [5.74, 6) is 0.263. The Balaban J connectivity index is 1.64. The summed E-state index contributed by atoms with van der Waals surface area (Å²) in [7, 11) is 2.51. The predicted molar refractivity (Wildman–Crippen MR) is 129 cm³/mol. The molecule has 3 rings (SSSR count). The van der Waals surface area contributed by atoms with Crippen LogP contribution in [0.2, 0.25) is 0 Å². The van der Waals surface area contributed by atoms with Crippen LogP contribution in [0.5, 0.6) is 0 Å². The van der Waals surface area contributed by atoms with Crippen LogP contribution in [-0.2, 0) is 27.2 Å². The van der Waals surface area contributed by atoms with Crippen molar-refractivity contribution in [2.45, 2.75) is 63.6 Å². The molecule has 1 aliphatic rings. The summed E-state index contributed by atoms with van der Waals surface area (Å²) >= 11 is 1.29. The number of thioether (sulfide) groups is 1. The molecule has 9 nitrogen and oxygen atoms in total. The number of hydrogen-bond donors (Lipinski definition) is 1. The summed E-state index contributed by atoms with van der Waals surface area (Å²) in [6.07, 6.45) is 8.60. The molecule has 1 aliphatic carbocycles. The third-order valence-electron chi connectivity index (χ3n) is 6.06. The normalized spacial score (nSPS) is 14.0. The second-order valence-corrected chi connectivity index (χ2v) is 9.21. The lowest BCUT2D eigenvalue weighted by Crippen LogP contribution is -2.18. The van der Waals surface area contributed by atoms with Crippen molar-refractivity contribution in [3.05, 3.63) is 35.2 Å². The van der Waals surface area contributed by atoms with Gasteiger partial charge in [-0.1, -0.05) is 43.9 Å². The molecule has 0 atom stereocenters. The Morgan fingerprint density at radius 3 is 2.50 bits per heavy atom. The smallest absolute Gasteiger partial charge is 0.339 e. The molecule has 0 saturated heterocycles. The van der Waals surface area contributed by atoms with Crippen LogP contribution in [0.15, 0.2) is 23.4 Å². The van der Waals surface area contributed by atoms with Crippen molar-refractivity contribution in [2.75, 3.05) is 25.3 Å². The molecule has 2 aromatic rings. The van der Waals surface area contributed by atoms with Gasteiger partial charge in [0.25, 0.3) is 0 Å². The van der Waals surface area contributed by atoms with Gasteiger partial charge in [-0.15, -0.1) is 10.2 Å². The van der Waals surface area contributed by atoms with Crippen molar-refractivity contribution in [1.82, 2.24) is 14.8 Å². The molecule has 1 amide bonds. The molecular weight excluding hydrogens is 456 g/mol. The molecule has 34 heavy (non-hydrogen) atoms. The van der Waals surface area contributed by atoms with Crippen molar-refractivity contribution in [2.24, 2.45) is 5.92 Å². The maximum absolute atomic E-state index is 12.7. The predicted octanol–water partition coefficient (Wildman–Crippen LogP) is 4.11. The van der Waals surface area contributed by atoms with Gasteiger partial charge in [-0.25, -0.2) is 9.59 Å². The van der Waals surface area contributed by atoms with Crippen LogP contribution in [0.3, 0.4) is 0 Å². The maximum atomic E-state index is 12.7. The zero-order chi connectivity index (χ0) is 24.5. The number of nitrogens with zero attached hydrogens (tertiary/aromatic N) is 3. The Morgan fingerprint density at radius 2 is 1.82 bits per heavy atom. The third kappa shape index (κ3) is 6.59. The van der Waals surface area contributed by atoms with E-state index in [1.54, 1.807) is 0 Å². The molecule has 0 bridgehead atoms. The molecule has 1 aromatic heterocycles. The molecule has 0 spiro atoms. The second kappa shape index (κ2) is 12.5. The van der Waals surface area contributed by atoms with E-state index < -0.39 is 11.9 Å². The Hall–Kier alpha value is -2.88. The van der Waals surface area contributed by atoms with E-state index in [1.165, 1.54) is 76.3 Å². The van der Waals surface area contributed by atoms with Crippen molar-refractivity contribution in [3.8, 4) is 0 Å². The first-order valence-corrected chi connectivity index (χ1v) is 12.6. The number of ether oxygens (including phenoxy) is 2. The third-order valence-corrected chi connectivity index (χ3v) is 7.03. The summed E-state index contributed by atoms with van der Waals surface area (Å²) in [4.78, 5) is 36.6. The fraction of sp³-hybridized carbons (Fsp3) is 0.542. The number of methoxy groups -OCH3 is 2. The highest BCUT2D eigenvalue weighted by Crippen LogP contribution is 2.28. The lowest BCUT2D eigenvalue weighted by molar-refractivity contribution is -0.113. The van der Waals surface area contributed by atoms with E-state index in [4.69, 9.17) is 9.47 Å². The fourth-order valence-electron chi connectivity index (χ4n) is 4.23. The summed E-state index contributed by atoms with van der Waals surface area (Å²) in [6.45, 7) is 2.77. The maximum Gasteiger partial charge on any atom is 0.339 e. The Labute approximate surface area is 204 Å². The van der Waals surface area contributed by atoms with Crippen molar-refractivity contribution in [3.63, 3.8) is 0 Å². The molecule has 1 saturated carbocycles. The van der Waals surface area contributed by atoms with E-state index in [0.717, 1.165) is 31.1 Å². The van der Waals surface area contributed by atoms with Gasteiger partial charge in [0.15, 0.2) is 5.16 Å². The molecule has 1 N–H and O–H groups in total. The van der Waals surface area contributed by atoms with Gasteiger partial charge in [0, 0.05) is 13.0 Å². The van der Waals surface area contributed by atoms with E-state index in [9.17, 15) is 14.4 Å². The number of rotatable bonds is 10. The molecule has 1 aromatic carbocycles. The summed E-state index contributed by atoms with van der Waals surface area (Å²) < 4.78 is 11.6. The summed E-state index contributed by atoms with van der Waals surface area (Å²) in [5, 5.41) is 12.1. The van der Waals surface area contributed by atoms with E-state index in [2.05, 4.69) is 20.1 Å². The molecule has 0 unspecified atom stereocenters. The standard InChI is InChI=1S/C24H32N4O5S/c1-4-28-20(13-10-16-8-6-5-7-9-16)26-27-24(28)34-15-21(29)25-19-14-17(22(30)32-2)11-12-18(19)23(31)33-3/h11-12,14,16H,4-10,13,15H2,1-3H3,(H,25,29). The first-order valence-electron chi connectivity index (χ1n) is 11.6. The van der Waals surface area contributed by atoms with Gasteiger partial charge in [0.2, 0.25) is 5.91 Å². The van der Waals surface area contributed by atoms with Gasteiger partial charge >= 0.3 is 11.9 Å². The number of aryl methyl sites for hydroxylation is 1. The monoisotopic (exact) mass is 488 g/mol. The van der Waals surface area contributed by atoms with Gasteiger partial charge in [0.1, 0.15) is 5.82 Å². The minimum absolute atomic E-state index is 0.0732. The van der Waals surface area contributed by atoms with Crippen molar-refractivity contribution in [1.29, 1.82) is 0 Å². The molecule has 1 fully saturated rings. The minimum atomic E-state index is -0.618. The van der Waals surface area contributed by atoms with E-state index >= 15 is 0 Å². The first-order chi connectivity index (χ1) is 16.5. The molecule has 0 radical (unpaired) electrons. The van der Waals surface area contributed by atoms with Crippen LogP contribution in [0.25, 0.3) is 0 Å². The number of carbonyl (C=O) groups is 3. The molecule has 1 heterocycles. The number of nitrogens with one attached hydrogen (secondary N) is 1. The molecule has 184 valence electrons.